The maximum atomic E-state index is 11.9. The number of esters is 1. The number of hydrogen-bond acceptors (Lipinski definition) is 3. The summed E-state index contributed by atoms with van der Waals surface area (Å²) in [6, 6.07) is 10.8. The van der Waals surface area contributed by atoms with E-state index in [1.165, 1.54) is 13.2 Å². The summed E-state index contributed by atoms with van der Waals surface area (Å²) in [4.78, 5) is 23.8. The van der Waals surface area contributed by atoms with Crippen molar-refractivity contribution in [2.75, 3.05) is 7.11 Å². The van der Waals surface area contributed by atoms with Gasteiger partial charge in [0.1, 0.15) is 0 Å². The monoisotopic (exact) mass is 255 g/mol. The summed E-state index contributed by atoms with van der Waals surface area (Å²) in [5.41, 5.74) is 3.11. The van der Waals surface area contributed by atoms with Crippen LogP contribution in [0.15, 0.2) is 41.2 Å². The van der Waals surface area contributed by atoms with E-state index in [2.05, 4.69) is 0 Å². The van der Waals surface area contributed by atoms with Crippen LogP contribution in [0, 0.1) is 0 Å². The maximum absolute atomic E-state index is 11.9. The lowest BCUT2D eigenvalue weighted by molar-refractivity contribution is 0.0600. The number of aryl methyl sites for hydroxylation is 1. The van der Waals surface area contributed by atoms with E-state index in [-0.39, 0.29) is 5.56 Å². The molecule has 3 rings (SSSR count). The fourth-order valence-electron chi connectivity index (χ4n) is 2.57. The van der Waals surface area contributed by atoms with Crippen molar-refractivity contribution in [3.63, 3.8) is 0 Å². The predicted octanol–water partition coefficient (Wildman–Crippen LogP) is 1.86. The normalized spacial score (nSPS) is 12.5. The van der Waals surface area contributed by atoms with Crippen LogP contribution in [-0.4, -0.2) is 17.6 Å². The van der Waals surface area contributed by atoms with Crippen molar-refractivity contribution in [1.29, 1.82) is 0 Å². The quantitative estimate of drug-likeness (QED) is 0.731. The number of methoxy groups -OCH3 is 1. The summed E-state index contributed by atoms with van der Waals surface area (Å²) in [5, 5.41) is 0. The summed E-state index contributed by atoms with van der Waals surface area (Å²) >= 11 is 0. The Bertz CT molecular complexity index is 716. The van der Waals surface area contributed by atoms with Gasteiger partial charge in [0.2, 0.25) is 0 Å². The third-order valence-electron chi connectivity index (χ3n) is 3.47. The van der Waals surface area contributed by atoms with E-state index in [0.29, 0.717) is 17.8 Å². The molecule has 1 aliphatic rings. The molecule has 1 aromatic heterocycles. The first kappa shape index (κ1) is 11.7. The van der Waals surface area contributed by atoms with Crippen molar-refractivity contribution in [1.82, 2.24) is 4.57 Å². The van der Waals surface area contributed by atoms with E-state index in [9.17, 15) is 9.59 Å². The van der Waals surface area contributed by atoms with Gasteiger partial charge in [0.05, 0.1) is 18.4 Å². The van der Waals surface area contributed by atoms with Crippen molar-refractivity contribution >= 4 is 5.97 Å². The molecule has 0 spiro atoms. The predicted molar refractivity (Wildman–Crippen MR) is 71.2 cm³/mol. The molecule has 4 heteroatoms. The molecule has 0 amide bonds. The Morgan fingerprint density at radius 1 is 1.21 bits per heavy atom. The second-order valence-corrected chi connectivity index (χ2v) is 4.48. The molecule has 19 heavy (non-hydrogen) atoms. The Morgan fingerprint density at radius 2 is 2.00 bits per heavy atom. The molecule has 0 saturated heterocycles. The zero-order valence-electron chi connectivity index (χ0n) is 10.6. The average Bonchev–Trinajstić information content (AvgIpc) is 2.46. The number of pyridine rings is 1. The van der Waals surface area contributed by atoms with E-state index >= 15 is 0 Å². The highest BCUT2D eigenvalue weighted by atomic mass is 16.5. The second-order valence-electron chi connectivity index (χ2n) is 4.48. The summed E-state index contributed by atoms with van der Waals surface area (Å²) in [6.45, 7) is 0.593. The van der Waals surface area contributed by atoms with Gasteiger partial charge >= 0.3 is 5.97 Å². The highest BCUT2D eigenvalue weighted by molar-refractivity contribution is 5.96. The largest absolute Gasteiger partial charge is 0.465 e. The molecule has 0 fully saturated rings. The van der Waals surface area contributed by atoms with Gasteiger partial charge in [-0.3, -0.25) is 4.79 Å². The Balaban J connectivity index is 2.35. The molecule has 96 valence electrons. The fourth-order valence-corrected chi connectivity index (χ4v) is 2.57. The third-order valence-corrected chi connectivity index (χ3v) is 3.47. The molecule has 2 heterocycles. The minimum absolute atomic E-state index is 0.0860. The first-order valence-electron chi connectivity index (χ1n) is 6.13. The van der Waals surface area contributed by atoms with E-state index < -0.39 is 5.97 Å². The highest BCUT2D eigenvalue weighted by Gasteiger charge is 2.23. The molecule has 0 aliphatic carbocycles. The first-order chi connectivity index (χ1) is 9.22. The van der Waals surface area contributed by atoms with Crippen molar-refractivity contribution < 1.29 is 9.53 Å². The Hall–Kier alpha value is -2.36. The lowest BCUT2D eigenvalue weighted by Crippen LogP contribution is -2.27. The minimum atomic E-state index is -0.416. The molecular formula is C15H13NO3. The van der Waals surface area contributed by atoms with Gasteiger partial charge in [-0.25, -0.2) is 4.79 Å². The highest BCUT2D eigenvalue weighted by Crippen LogP contribution is 2.30. The van der Waals surface area contributed by atoms with Crippen LogP contribution in [0.4, 0.5) is 0 Å². The van der Waals surface area contributed by atoms with Crippen LogP contribution in [-0.2, 0) is 17.7 Å². The number of aromatic nitrogens is 1. The van der Waals surface area contributed by atoms with Crippen LogP contribution < -0.4 is 5.56 Å². The van der Waals surface area contributed by atoms with Crippen LogP contribution in [0.1, 0.15) is 15.9 Å². The average molecular weight is 255 g/mol. The van der Waals surface area contributed by atoms with Crippen LogP contribution in [0.3, 0.4) is 0 Å². The van der Waals surface area contributed by atoms with E-state index in [1.807, 2.05) is 24.3 Å². The van der Waals surface area contributed by atoms with Gasteiger partial charge in [0.25, 0.3) is 5.56 Å². The Labute approximate surface area is 110 Å². The number of hydrogen-bond donors (Lipinski definition) is 0. The molecule has 0 unspecified atom stereocenters. The summed E-state index contributed by atoms with van der Waals surface area (Å²) in [6.07, 6.45) is 0.799. The lowest BCUT2D eigenvalue weighted by atomic mass is 9.94. The molecule has 1 aromatic carbocycles. The summed E-state index contributed by atoms with van der Waals surface area (Å²) in [7, 11) is 1.35. The van der Waals surface area contributed by atoms with Crippen LogP contribution in [0.25, 0.3) is 11.3 Å². The zero-order valence-corrected chi connectivity index (χ0v) is 10.6. The third kappa shape index (κ3) is 1.76. The molecule has 0 saturated carbocycles. The molecular weight excluding hydrogens is 242 g/mol. The first-order valence-corrected chi connectivity index (χ1v) is 6.13. The number of fused-ring (bicyclic) bond motifs is 3. The fraction of sp³-hybridized carbons (Fsp3) is 0.200. The van der Waals surface area contributed by atoms with E-state index in [4.69, 9.17) is 4.74 Å². The van der Waals surface area contributed by atoms with Crippen molar-refractivity contribution in [2.24, 2.45) is 0 Å². The molecule has 0 radical (unpaired) electrons. The van der Waals surface area contributed by atoms with Crippen LogP contribution >= 0.6 is 0 Å². The molecule has 4 nitrogen and oxygen atoms in total. The van der Waals surface area contributed by atoms with Gasteiger partial charge in [-0.1, -0.05) is 24.3 Å². The number of rotatable bonds is 1. The summed E-state index contributed by atoms with van der Waals surface area (Å²) in [5.74, 6) is -0.416. The maximum Gasteiger partial charge on any atom is 0.340 e. The van der Waals surface area contributed by atoms with Gasteiger partial charge in [-0.2, -0.15) is 0 Å². The zero-order chi connectivity index (χ0) is 13.4. The Morgan fingerprint density at radius 3 is 2.79 bits per heavy atom. The van der Waals surface area contributed by atoms with Crippen molar-refractivity contribution in [3.05, 3.63) is 57.9 Å². The molecule has 2 aromatic rings. The lowest BCUT2D eigenvalue weighted by Gasteiger charge is -2.23. The molecule has 0 atom stereocenters. The Kier molecular flexibility index (Phi) is 2.71. The number of benzene rings is 1. The number of nitrogens with zero attached hydrogens (tertiary/aromatic N) is 1. The van der Waals surface area contributed by atoms with Crippen LogP contribution in [0.2, 0.25) is 0 Å². The molecule has 0 N–H and O–H groups in total. The number of carbonyl (C=O) groups is 1. The second kappa shape index (κ2) is 4.39. The van der Waals surface area contributed by atoms with Gasteiger partial charge in [0.15, 0.2) is 0 Å². The smallest absolute Gasteiger partial charge is 0.340 e. The minimum Gasteiger partial charge on any atom is -0.465 e. The molecule has 0 bridgehead atoms. The van der Waals surface area contributed by atoms with Gasteiger partial charge < -0.3 is 9.30 Å². The van der Waals surface area contributed by atoms with Gasteiger partial charge in [-0.05, 0) is 18.1 Å². The SMILES string of the molecule is COC(=O)c1ccc(=O)n2c1-c1ccccc1CC2. The number of carbonyl (C=O) groups excluding carboxylic acids is 1. The molecule has 1 aliphatic heterocycles. The number of ether oxygens (including phenoxy) is 1. The van der Waals surface area contributed by atoms with Crippen LogP contribution in [0.5, 0.6) is 0 Å². The standard InChI is InChI=1S/C15H13NO3/c1-19-15(18)12-6-7-13(17)16-9-8-10-4-2-3-5-11(10)14(12)16/h2-7H,8-9H2,1H3. The van der Waals surface area contributed by atoms with Gasteiger partial charge in [0, 0.05) is 18.2 Å². The topological polar surface area (TPSA) is 48.3 Å². The van der Waals surface area contributed by atoms with Gasteiger partial charge in [-0.15, -0.1) is 0 Å². The van der Waals surface area contributed by atoms with E-state index in [0.717, 1.165) is 17.5 Å². The summed E-state index contributed by atoms with van der Waals surface area (Å²) < 4.78 is 6.45. The van der Waals surface area contributed by atoms with E-state index in [1.54, 1.807) is 10.6 Å². The van der Waals surface area contributed by atoms with Crippen molar-refractivity contribution in [3.8, 4) is 11.3 Å². The van der Waals surface area contributed by atoms with Crippen molar-refractivity contribution in [2.45, 2.75) is 13.0 Å².